The molecule has 0 radical (unpaired) electrons. The van der Waals surface area contributed by atoms with Gasteiger partial charge in [-0.2, -0.15) is 0 Å². The molecule has 2 rings (SSSR count). The Morgan fingerprint density at radius 3 is 2.50 bits per heavy atom. The molecule has 0 amide bonds. The third-order valence-electron chi connectivity index (χ3n) is 2.39. The number of ketones is 1. The van der Waals surface area contributed by atoms with Crippen molar-refractivity contribution in [3.05, 3.63) is 59.7 Å². The summed E-state index contributed by atoms with van der Waals surface area (Å²) in [5, 5.41) is 0. The lowest BCUT2D eigenvalue weighted by atomic mass is 10.0. The van der Waals surface area contributed by atoms with Crippen molar-refractivity contribution in [2.75, 3.05) is 7.11 Å². The summed E-state index contributed by atoms with van der Waals surface area (Å²) in [7, 11) is 1.26. The first kappa shape index (κ1) is 11.9. The Morgan fingerprint density at radius 1 is 1.06 bits per heavy atom. The third-order valence-corrected chi connectivity index (χ3v) is 2.39. The number of hydrogen-bond acceptors (Lipinski definition) is 5. The number of pyridine rings is 2. The van der Waals surface area contributed by atoms with Crippen molar-refractivity contribution >= 4 is 11.8 Å². The van der Waals surface area contributed by atoms with Crippen LogP contribution in [0, 0.1) is 0 Å². The zero-order valence-electron chi connectivity index (χ0n) is 9.66. The summed E-state index contributed by atoms with van der Waals surface area (Å²) in [6.07, 6.45) is 5.79. The lowest BCUT2D eigenvalue weighted by molar-refractivity contribution is 0.0597. The van der Waals surface area contributed by atoms with Crippen molar-refractivity contribution in [2.45, 2.75) is 0 Å². The van der Waals surface area contributed by atoms with Gasteiger partial charge in [-0.1, -0.05) is 0 Å². The second-order valence-corrected chi connectivity index (χ2v) is 3.48. The van der Waals surface area contributed by atoms with Crippen LogP contribution in [0.1, 0.15) is 26.3 Å². The van der Waals surface area contributed by atoms with Crippen LogP contribution in [0.5, 0.6) is 0 Å². The predicted octanol–water partition coefficient (Wildman–Crippen LogP) is 1.49. The lowest BCUT2D eigenvalue weighted by Crippen LogP contribution is -2.11. The molecule has 0 fully saturated rings. The fourth-order valence-corrected chi connectivity index (χ4v) is 1.52. The number of nitrogens with zero attached hydrogens (tertiary/aromatic N) is 2. The van der Waals surface area contributed by atoms with Crippen LogP contribution in [0.3, 0.4) is 0 Å². The summed E-state index contributed by atoms with van der Waals surface area (Å²) >= 11 is 0. The topological polar surface area (TPSA) is 69.2 Å². The minimum Gasteiger partial charge on any atom is -0.465 e. The van der Waals surface area contributed by atoms with Gasteiger partial charge >= 0.3 is 5.97 Å². The first-order valence-corrected chi connectivity index (χ1v) is 5.21. The molecular weight excluding hydrogens is 232 g/mol. The van der Waals surface area contributed by atoms with Gasteiger partial charge in [0.1, 0.15) is 0 Å². The van der Waals surface area contributed by atoms with Crippen LogP contribution in [0.15, 0.2) is 43.0 Å². The molecule has 0 bridgehead atoms. The van der Waals surface area contributed by atoms with Crippen molar-refractivity contribution in [3.8, 4) is 0 Å². The standard InChI is InChI=1S/C13H10N2O3/c1-18-13(17)11-8-15-6-4-10(11)12(16)9-3-2-5-14-7-9/h2-8H,1H3. The number of ether oxygens (including phenoxy) is 1. The van der Waals surface area contributed by atoms with Gasteiger partial charge in [-0.15, -0.1) is 0 Å². The highest BCUT2D eigenvalue weighted by molar-refractivity contribution is 6.14. The summed E-state index contributed by atoms with van der Waals surface area (Å²) in [5.74, 6) is -0.874. The maximum atomic E-state index is 12.2. The maximum Gasteiger partial charge on any atom is 0.340 e. The molecule has 2 aromatic heterocycles. The zero-order chi connectivity index (χ0) is 13.0. The molecular formula is C13H10N2O3. The molecule has 0 aliphatic rings. The van der Waals surface area contributed by atoms with Crippen LogP contribution in [0.2, 0.25) is 0 Å². The smallest absolute Gasteiger partial charge is 0.340 e. The fourth-order valence-electron chi connectivity index (χ4n) is 1.52. The van der Waals surface area contributed by atoms with Gasteiger partial charge in [0.05, 0.1) is 12.7 Å². The van der Waals surface area contributed by atoms with Gasteiger partial charge in [-0.3, -0.25) is 14.8 Å². The number of hydrogen-bond donors (Lipinski definition) is 0. The summed E-state index contributed by atoms with van der Waals surface area (Å²) < 4.78 is 4.62. The van der Waals surface area contributed by atoms with Gasteiger partial charge in [-0.05, 0) is 18.2 Å². The van der Waals surface area contributed by atoms with E-state index in [0.29, 0.717) is 5.56 Å². The largest absolute Gasteiger partial charge is 0.465 e. The molecule has 2 heterocycles. The van der Waals surface area contributed by atoms with E-state index >= 15 is 0 Å². The van der Waals surface area contributed by atoms with Gasteiger partial charge < -0.3 is 4.74 Å². The number of esters is 1. The van der Waals surface area contributed by atoms with Crippen LogP contribution >= 0.6 is 0 Å². The van der Waals surface area contributed by atoms with E-state index in [1.807, 2.05) is 0 Å². The first-order valence-electron chi connectivity index (χ1n) is 5.21. The molecule has 0 saturated heterocycles. The zero-order valence-corrected chi connectivity index (χ0v) is 9.66. The molecule has 0 aliphatic carbocycles. The van der Waals surface area contributed by atoms with E-state index in [1.165, 1.54) is 31.8 Å². The van der Waals surface area contributed by atoms with E-state index in [0.717, 1.165) is 0 Å². The van der Waals surface area contributed by atoms with Gasteiger partial charge in [0.2, 0.25) is 0 Å². The minimum atomic E-state index is -0.588. The van der Waals surface area contributed by atoms with E-state index in [4.69, 9.17) is 0 Å². The molecule has 90 valence electrons. The second-order valence-electron chi connectivity index (χ2n) is 3.48. The molecule has 0 spiro atoms. The highest BCUT2D eigenvalue weighted by Gasteiger charge is 2.18. The van der Waals surface area contributed by atoms with Crippen LogP contribution in [-0.4, -0.2) is 28.8 Å². The number of methoxy groups -OCH3 is 1. The van der Waals surface area contributed by atoms with Gasteiger partial charge in [0.25, 0.3) is 0 Å². The SMILES string of the molecule is COC(=O)c1cnccc1C(=O)c1cccnc1. The Hall–Kier alpha value is -2.56. The first-order chi connectivity index (χ1) is 8.74. The number of rotatable bonds is 3. The van der Waals surface area contributed by atoms with E-state index in [9.17, 15) is 9.59 Å². The molecule has 0 N–H and O–H groups in total. The Kier molecular flexibility index (Phi) is 3.43. The summed E-state index contributed by atoms with van der Waals surface area (Å²) in [4.78, 5) is 31.4. The summed E-state index contributed by atoms with van der Waals surface area (Å²) in [5.41, 5.74) is 0.813. The Balaban J connectivity index is 2.46. The van der Waals surface area contributed by atoms with Crippen molar-refractivity contribution in [3.63, 3.8) is 0 Å². The average Bonchev–Trinajstić information content (AvgIpc) is 2.46. The Labute approximate surface area is 103 Å². The van der Waals surface area contributed by atoms with Gasteiger partial charge in [-0.25, -0.2) is 4.79 Å². The maximum absolute atomic E-state index is 12.2. The van der Waals surface area contributed by atoms with Crippen molar-refractivity contribution in [1.29, 1.82) is 0 Å². The number of carbonyl (C=O) groups is 2. The second kappa shape index (κ2) is 5.18. The fraction of sp³-hybridized carbons (Fsp3) is 0.0769. The number of aromatic nitrogens is 2. The van der Waals surface area contributed by atoms with Crippen LogP contribution in [0.4, 0.5) is 0 Å². The van der Waals surface area contributed by atoms with Crippen molar-refractivity contribution in [2.24, 2.45) is 0 Å². The molecule has 0 aliphatic heterocycles. The monoisotopic (exact) mass is 242 g/mol. The highest BCUT2D eigenvalue weighted by atomic mass is 16.5. The number of carbonyl (C=O) groups excluding carboxylic acids is 2. The molecule has 0 aromatic carbocycles. The molecule has 5 heteroatoms. The average molecular weight is 242 g/mol. The van der Waals surface area contributed by atoms with Gasteiger partial charge in [0, 0.05) is 35.9 Å². The predicted molar refractivity (Wildman–Crippen MR) is 63.2 cm³/mol. The van der Waals surface area contributed by atoms with Crippen LogP contribution < -0.4 is 0 Å². The third kappa shape index (κ3) is 2.24. The van der Waals surface area contributed by atoms with Crippen molar-refractivity contribution < 1.29 is 14.3 Å². The molecule has 2 aromatic rings. The van der Waals surface area contributed by atoms with E-state index in [2.05, 4.69) is 14.7 Å². The van der Waals surface area contributed by atoms with E-state index < -0.39 is 5.97 Å². The van der Waals surface area contributed by atoms with E-state index in [1.54, 1.807) is 18.3 Å². The van der Waals surface area contributed by atoms with Crippen molar-refractivity contribution in [1.82, 2.24) is 9.97 Å². The molecule has 18 heavy (non-hydrogen) atoms. The highest BCUT2D eigenvalue weighted by Crippen LogP contribution is 2.13. The quantitative estimate of drug-likeness (QED) is 0.602. The van der Waals surface area contributed by atoms with E-state index in [-0.39, 0.29) is 16.9 Å². The minimum absolute atomic E-state index is 0.147. The molecule has 0 atom stereocenters. The Morgan fingerprint density at radius 2 is 1.83 bits per heavy atom. The van der Waals surface area contributed by atoms with Crippen LogP contribution in [0.25, 0.3) is 0 Å². The summed E-state index contributed by atoms with van der Waals surface area (Å²) in [6.45, 7) is 0. The summed E-state index contributed by atoms with van der Waals surface area (Å²) in [6, 6.07) is 4.78. The Bertz CT molecular complexity index is 582. The molecule has 0 saturated carbocycles. The molecule has 0 unspecified atom stereocenters. The van der Waals surface area contributed by atoms with Gasteiger partial charge in [0.15, 0.2) is 5.78 Å². The lowest BCUT2D eigenvalue weighted by Gasteiger charge is -2.05. The van der Waals surface area contributed by atoms with Crippen LogP contribution in [-0.2, 0) is 4.74 Å². The molecule has 5 nitrogen and oxygen atoms in total. The normalized spacial score (nSPS) is 9.83.